The lowest BCUT2D eigenvalue weighted by Gasteiger charge is -2.47. The molecule has 1 fully saturated rings. The minimum absolute atomic E-state index is 0.0711. The predicted molar refractivity (Wildman–Crippen MR) is 109 cm³/mol. The van der Waals surface area contributed by atoms with Crippen LogP contribution in [0.4, 0.5) is 0 Å². The largest absolute Gasteiger partial charge is 0.343 e. The van der Waals surface area contributed by atoms with Crippen LogP contribution in [0.2, 0.25) is 0 Å². The van der Waals surface area contributed by atoms with Gasteiger partial charge < -0.3 is 9.47 Å². The number of carbonyl (C=O) groups is 1. The lowest BCUT2D eigenvalue weighted by molar-refractivity contribution is -0.130. The summed E-state index contributed by atoms with van der Waals surface area (Å²) >= 11 is 1.84. The zero-order valence-electron chi connectivity index (χ0n) is 16.9. The second kappa shape index (κ2) is 7.06. The molecule has 0 unspecified atom stereocenters. The molecule has 1 amide bonds. The van der Waals surface area contributed by atoms with Crippen LogP contribution in [0, 0.1) is 6.92 Å². The maximum Gasteiger partial charge on any atom is 0.219 e. The van der Waals surface area contributed by atoms with Gasteiger partial charge in [0.1, 0.15) is 5.82 Å². The van der Waals surface area contributed by atoms with Gasteiger partial charge in [-0.3, -0.25) is 9.69 Å². The van der Waals surface area contributed by atoms with Crippen molar-refractivity contribution in [3.8, 4) is 0 Å². The molecule has 0 aromatic carbocycles. The summed E-state index contributed by atoms with van der Waals surface area (Å²) in [6.45, 7) is 13.0. The van der Waals surface area contributed by atoms with Crippen LogP contribution in [-0.2, 0) is 23.3 Å². The predicted octanol–water partition coefficient (Wildman–Crippen LogP) is 3.73. The smallest absolute Gasteiger partial charge is 0.219 e. The van der Waals surface area contributed by atoms with Crippen molar-refractivity contribution < 1.29 is 4.79 Å². The van der Waals surface area contributed by atoms with Crippen molar-refractivity contribution in [3.05, 3.63) is 39.6 Å². The number of hydrogen-bond acceptors (Lipinski definition) is 4. The first-order chi connectivity index (χ1) is 12.9. The van der Waals surface area contributed by atoms with Gasteiger partial charge in [0.15, 0.2) is 0 Å². The summed E-state index contributed by atoms with van der Waals surface area (Å²) in [5, 5.41) is 2.16. The van der Waals surface area contributed by atoms with Crippen LogP contribution in [0.5, 0.6) is 0 Å². The number of carbonyl (C=O) groups excluding carboxylic acids is 1. The molecule has 1 saturated heterocycles. The van der Waals surface area contributed by atoms with E-state index < -0.39 is 0 Å². The van der Waals surface area contributed by atoms with Gasteiger partial charge in [0, 0.05) is 56.0 Å². The number of fused-ring (bicyclic) bond motifs is 2. The van der Waals surface area contributed by atoms with Gasteiger partial charge in [-0.2, -0.15) is 0 Å². The first-order valence-corrected chi connectivity index (χ1v) is 10.9. The Kier molecular flexibility index (Phi) is 4.89. The molecular formula is C21H30N4OS. The van der Waals surface area contributed by atoms with Crippen LogP contribution in [0.3, 0.4) is 0 Å². The van der Waals surface area contributed by atoms with E-state index in [0.717, 1.165) is 51.4 Å². The third-order valence-corrected chi connectivity index (χ3v) is 7.09. The fraction of sp³-hybridized carbons (Fsp3) is 0.619. The van der Waals surface area contributed by atoms with E-state index in [2.05, 4.69) is 47.8 Å². The maximum absolute atomic E-state index is 11.8. The molecule has 1 spiro atoms. The van der Waals surface area contributed by atoms with Crippen molar-refractivity contribution in [2.45, 2.75) is 65.1 Å². The third-order valence-electron chi connectivity index (χ3n) is 6.23. The Morgan fingerprint density at radius 3 is 2.67 bits per heavy atom. The molecule has 0 aliphatic carbocycles. The van der Waals surface area contributed by atoms with Crippen LogP contribution < -0.4 is 0 Å². The van der Waals surface area contributed by atoms with Crippen molar-refractivity contribution >= 4 is 17.2 Å². The maximum atomic E-state index is 11.8. The molecule has 4 rings (SSSR count). The average Bonchev–Trinajstić information content (AvgIpc) is 3.23. The van der Waals surface area contributed by atoms with Crippen LogP contribution in [0.25, 0.3) is 0 Å². The lowest BCUT2D eigenvalue weighted by Crippen LogP contribution is -2.52. The van der Waals surface area contributed by atoms with Gasteiger partial charge in [-0.25, -0.2) is 4.98 Å². The summed E-state index contributed by atoms with van der Waals surface area (Å²) in [5.74, 6) is 1.32. The Morgan fingerprint density at radius 2 is 2.07 bits per heavy atom. The van der Waals surface area contributed by atoms with Crippen molar-refractivity contribution in [1.82, 2.24) is 19.4 Å². The van der Waals surface area contributed by atoms with Gasteiger partial charge in [0.2, 0.25) is 5.91 Å². The van der Waals surface area contributed by atoms with E-state index in [9.17, 15) is 4.79 Å². The molecule has 6 heteroatoms. The summed E-state index contributed by atoms with van der Waals surface area (Å²) in [5.41, 5.74) is 2.77. The Labute approximate surface area is 166 Å². The lowest BCUT2D eigenvalue weighted by atomic mass is 9.72. The van der Waals surface area contributed by atoms with E-state index in [0.29, 0.717) is 6.04 Å². The highest BCUT2D eigenvalue weighted by Gasteiger charge is 2.45. The number of imidazole rings is 1. The number of likely N-dealkylation sites (tertiary alicyclic amines) is 1. The third kappa shape index (κ3) is 3.34. The van der Waals surface area contributed by atoms with E-state index in [1.54, 1.807) is 6.92 Å². The number of rotatable bonds is 3. The fourth-order valence-electron chi connectivity index (χ4n) is 5.00. The van der Waals surface area contributed by atoms with Crippen molar-refractivity contribution in [3.63, 3.8) is 0 Å². The van der Waals surface area contributed by atoms with Crippen LogP contribution in [0.1, 0.15) is 61.7 Å². The number of hydrogen-bond donors (Lipinski definition) is 0. The van der Waals surface area contributed by atoms with Crippen molar-refractivity contribution in [2.75, 3.05) is 19.6 Å². The number of aryl methyl sites for hydroxylation is 1. The first kappa shape index (κ1) is 18.7. The highest BCUT2D eigenvalue weighted by atomic mass is 32.1. The Morgan fingerprint density at radius 1 is 1.33 bits per heavy atom. The van der Waals surface area contributed by atoms with Crippen LogP contribution in [0.15, 0.2) is 17.5 Å². The van der Waals surface area contributed by atoms with E-state index in [1.807, 2.05) is 16.2 Å². The zero-order chi connectivity index (χ0) is 19.2. The SMILES string of the molecule is CC(=O)N1CCC2(CC1)CN(Cc1cccs1)Cc1c2nc(C)n1C(C)C. The molecule has 2 aromatic heterocycles. The van der Waals surface area contributed by atoms with Gasteiger partial charge in [0.05, 0.1) is 11.4 Å². The summed E-state index contributed by atoms with van der Waals surface area (Å²) in [6.07, 6.45) is 2.02. The van der Waals surface area contributed by atoms with Gasteiger partial charge in [-0.1, -0.05) is 6.07 Å². The molecule has 4 heterocycles. The molecule has 0 N–H and O–H groups in total. The molecule has 0 atom stereocenters. The molecule has 2 aliphatic heterocycles. The van der Waals surface area contributed by atoms with E-state index in [-0.39, 0.29) is 11.3 Å². The molecular weight excluding hydrogens is 356 g/mol. The van der Waals surface area contributed by atoms with Gasteiger partial charge in [0.25, 0.3) is 0 Å². The van der Waals surface area contributed by atoms with Crippen LogP contribution >= 0.6 is 11.3 Å². The normalized spacial score (nSPS) is 19.7. The quantitative estimate of drug-likeness (QED) is 0.807. The molecule has 2 aliphatic rings. The number of amides is 1. The minimum Gasteiger partial charge on any atom is -0.343 e. The molecule has 2 aromatic rings. The zero-order valence-corrected chi connectivity index (χ0v) is 17.7. The highest BCUT2D eigenvalue weighted by molar-refractivity contribution is 7.09. The van der Waals surface area contributed by atoms with Crippen LogP contribution in [-0.4, -0.2) is 44.9 Å². The summed E-state index contributed by atoms with van der Waals surface area (Å²) in [7, 11) is 0. The topological polar surface area (TPSA) is 41.4 Å². The molecule has 5 nitrogen and oxygen atoms in total. The molecule has 0 bridgehead atoms. The summed E-state index contributed by atoms with van der Waals surface area (Å²) in [4.78, 5) is 22.9. The standard InChI is InChI=1S/C21H30N4OS/c1-15(2)25-16(3)22-20-19(25)13-23(12-18-6-5-11-27-18)14-21(20)7-9-24(10-8-21)17(4)26/h5-6,11,15H,7-10,12-14H2,1-4H3. The van der Waals surface area contributed by atoms with E-state index in [4.69, 9.17) is 4.98 Å². The fourth-order valence-corrected chi connectivity index (χ4v) is 5.75. The van der Waals surface area contributed by atoms with E-state index >= 15 is 0 Å². The number of nitrogens with zero attached hydrogens (tertiary/aromatic N) is 4. The summed E-state index contributed by atoms with van der Waals surface area (Å²) in [6, 6.07) is 4.78. The second-order valence-corrected chi connectivity index (χ2v) is 9.46. The highest BCUT2D eigenvalue weighted by Crippen LogP contribution is 2.42. The average molecular weight is 387 g/mol. The molecule has 146 valence electrons. The Balaban J connectivity index is 1.70. The Hall–Kier alpha value is -1.66. The van der Waals surface area contributed by atoms with Gasteiger partial charge >= 0.3 is 0 Å². The number of piperidine rings is 1. The molecule has 0 radical (unpaired) electrons. The molecule has 0 saturated carbocycles. The van der Waals surface area contributed by atoms with Crippen molar-refractivity contribution in [2.24, 2.45) is 0 Å². The Bertz CT molecular complexity index is 816. The number of thiophene rings is 1. The second-order valence-electron chi connectivity index (χ2n) is 8.43. The number of aromatic nitrogens is 2. The molecule has 27 heavy (non-hydrogen) atoms. The monoisotopic (exact) mass is 386 g/mol. The van der Waals surface area contributed by atoms with E-state index in [1.165, 1.54) is 16.3 Å². The van der Waals surface area contributed by atoms with Crippen molar-refractivity contribution in [1.29, 1.82) is 0 Å². The first-order valence-electron chi connectivity index (χ1n) is 9.98. The summed E-state index contributed by atoms with van der Waals surface area (Å²) < 4.78 is 2.43. The van der Waals surface area contributed by atoms with Gasteiger partial charge in [-0.15, -0.1) is 11.3 Å². The van der Waals surface area contributed by atoms with Gasteiger partial charge in [-0.05, 0) is 45.1 Å². The minimum atomic E-state index is 0.0711.